The third kappa shape index (κ3) is 3.12. The molecule has 6 heteroatoms. The molecule has 5 nitrogen and oxygen atoms in total. The highest BCUT2D eigenvalue weighted by Crippen LogP contribution is 2.64. The molecule has 2 atom stereocenters. The smallest absolute Gasteiger partial charge is 0.231 e. The highest BCUT2D eigenvalue weighted by Gasteiger charge is 2.59. The van der Waals surface area contributed by atoms with Crippen molar-refractivity contribution < 1.29 is 9.59 Å². The molecule has 5 aliphatic rings. The number of piperidine rings is 1. The third-order valence-corrected chi connectivity index (χ3v) is 7.70. The molecule has 134 valence electrons. The summed E-state index contributed by atoms with van der Waals surface area (Å²) in [7, 11) is 0. The van der Waals surface area contributed by atoms with Crippen molar-refractivity contribution in [3.05, 3.63) is 0 Å². The lowest BCUT2D eigenvalue weighted by Crippen LogP contribution is -2.60. The van der Waals surface area contributed by atoms with Gasteiger partial charge >= 0.3 is 0 Å². The number of hydrogen-bond donors (Lipinski definition) is 2. The predicted octanol–water partition coefficient (Wildman–Crippen LogP) is 1.79. The van der Waals surface area contributed by atoms with Crippen molar-refractivity contribution in [2.45, 2.75) is 61.7 Å². The number of likely N-dealkylation sites (tertiary alicyclic amines) is 1. The number of nitrogens with two attached hydrogens (primary N) is 1. The van der Waals surface area contributed by atoms with E-state index < -0.39 is 0 Å². The van der Waals surface area contributed by atoms with E-state index in [0.29, 0.717) is 12.5 Å². The molecule has 0 spiro atoms. The van der Waals surface area contributed by atoms with Crippen molar-refractivity contribution >= 4 is 27.7 Å². The molecule has 1 aliphatic heterocycles. The van der Waals surface area contributed by atoms with Crippen LogP contribution in [0.1, 0.15) is 51.4 Å². The summed E-state index contributed by atoms with van der Waals surface area (Å²) in [6.45, 7) is 2.02. The first-order valence-electron chi connectivity index (χ1n) is 9.36. The Morgan fingerprint density at radius 2 is 1.75 bits per heavy atom. The molecule has 4 saturated carbocycles. The van der Waals surface area contributed by atoms with Crippen molar-refractivity contribution in [2.75, 3.05) is 19.6 Å². The second kappa shape index (κ2) is 5.97. The number of nitrogens with zero attached hydrogens (tertiary/aromatic N) is 1. The lowest BCUT2D eigenvalue weighted by molar-refractivity contribution is -0.145. The number of hydrogen-bond acceptors (Lipinski definition) is 3. The number of rotatable bonds is 4. The second-order valence-electron chi connectivity index (χ2n) is 8.88. The minimum absolute atomic E-state index is 0.127. The Bertz CT molecular complexity index is 530. The van der Waals surface area contributed by atoms with Gasteiger partial charge in [-0.25, -0.2) is 0 Å². The third-order valence-electron chi connectivity index (χ3n) is 6.77. The minimum Gasteiger partial charge on any atom is -0.369 e. The molecule has 4 aliphatic carbocycles. The summed E-state index contributed by atoms with van der Waals surface area (Å²) < 4.78 is 0.222. The van der Waals surface area contributed by atoms with Crippen molar-refractivity contribution in [1.82, 2.24) is 10.2 Å². The average Bonchev–Trinajstić information content (AvgIpc) is 2.46. The molecule has 4 bridgehead atoms. The number of carbonyl (C=O) groups is 2. The van der Waals surface area contributed by atoms with Crippen LogP contribution in [0.25, 0.3) is 0 Å². The van der Waals surface area contributed by atoms with E-state index in [-0.39, 0.29) is 21.7 Å². The zero-order valence-electron chi connectivity index (χ0n) is 14.2. The van der Waals surface area contributed by atoms with Gasteiger partial charge in [-0.1, -0.05) is 15.9 Å². The van der Waals surface area contributed by atoms with E-state index in [1.54, 1.807) is 0 Å². The zero-order valence-corrected chi connectivity index (χ0v) is 15.8. The fourth-order valence-corrected chi connectivity index (χ4v) is 7.66. The maximum atomic E-state index is 13.1. The Kier molecular flexibility index (Phi) is 4.19. The first kappa shape index (κ1) is 16.8. The first-order chi connectivity index (χ1) is 11.4. The van der Waals surface area contributed by atoms with Gasteiger partial charge in [0.2, 0.25) is 11.8 Å². The van der Waals surface area contributed by atoms with Crippen LogP contribution in [0, 0.1) is 17.3 Å². The van der Waals surface area contributed by atoms with Gasteiger partial charge in [-0.15, -0.1) is 0 Å². The lowest BCUT2D eigenvalue weighted by atomic mass is 9.49. The van der Waals surface area contributed by atoms with Crippen LogP contribution in [0.15, 0.2) is 0 Å². The van der Waals surface area contributed by atoms with E-state index in [9.17, 15) is 9.59 Å². The SMILES string of the molecule is NC(=O)CN1CCC(NC(=O)C23CC4CC(CC(Br)(C4)C2)C3)CC1. The summed E-state index contributed by atoms with van der Waals surface area (Å²) in [5.74, 6) is 1.49. The molecule has 0 radical (unpaired) electrons. The molecule has 3 N–H and O–H groups in total. The Hall–Kier alpha value is -0.620. The van der Waals surface area contributed by atoms with Crippen LogP contribution in [0.5, 0.6) is 0 Å². The Morgan fingerprint density at radius 1 is 1.12 bits per heavy atom. The van der Waals surface area contributed by atoms with E-state index >= 15 is 0 Å². The van der Waals surface area contributed by atoms with Crippen LogP contribution in [0.2, 0.25) is 0 Å². The predicted molar refractivity (Wildman–Crippen MR) is 95.6 cm³/mol. The monoisotopic (exact) mass is 397 g/mol. The van der Waals surface area contributed by atoms with Gasteiger partial charge in [0, 0.05) is 23.5 Å². The van der Waals surface area contributed by atoms with Gasteiger partial charge in [0.1, 0.15) is 0 Å². The summed E-state index contributed by atoms with van der Waals surface area (Å²) >= 11 is 3.99. The topological polar surface area (TPSA) is 75.4 Å². The van der Waals surface area contributed by atoms with E-state index in [1.807, 2.05) is 0 Å². The fraction of sp³-hybridized carbons (Fsp3) is 0.889. The molecular weight excluding hydrogens is 370 g/mol. The number of alkyl halides is 1. The summed E-state index contributed by atoms with van der Waals surface area (Å²) in [4.78, 5) is 26.3. The van der Waals surface area contributed by atoms with Gasteiger partial charge < -0.3 is 11.1 Å². The van der Waals surface area contributed by atoms with Gasteiger partial charge in [0.25, 0.3) is 0 Å². The van der Waals surface area contributed by atoms with Crippen molar-refractivity contribution in [2.24, 2.45) is 23.0 Å². The molecule has 0 aromatic heterocycles. The van der Waals surface area contributed by atoms with Gasteiger partial charge in [-0.2, -0.15) is 0 Å². The Morgan fingerprint density at radius 3 is 2.29 bits per heavy atom. The number of nitrogens with one attached hydrogen (secondary N) is 1. The molecule has 5 rings (SSSR count). The van der Waals surface area contributed by atoms with Gasteiger partial charge in [0.15, 0.2) is 0 Å². The fourth-order valence-electron chi connectivity index (χ4n) is 6.21. The van der Waals surface area contributed by atoms with Crippen LogP contribution in [-0.2, 0) is 9.59 Å². The Balaban J connectivity index is 1.36. The van der Waals surface area contributed by atoms with Crippen molar-refractivity contribution in [3.63, 3.8) is 0 Å². The summed E-state index contributed by atoms with van der Waals surface area (Å²) in [6, 6.07) is 0.251. The van der Waals surface area contributed by atoms with E-state index in [2.05, 4.69) is 26.1 Å². The number of amides is 2. The highest BCUT2D eigenvalue weighted by atomic mass is 79.9. The standard InChI is InChI=1S/C18H28BrN3O2/c19-18-8-12-5-13(9-18)7-17(6-12,11-18)16(24)21-14-1-3-22(4-2-14)10-15(20)23/h12-14H,1-11H2,(H2,20,23)(H,21,24). The second-order valence-corrected chi connectivity index (χ2v) is 10.6. The molecule has 0 aromatic carbocycles. The average molecular weight is 398 g/mol. The van der Waals surface area contributed by atoms with Crippen LogP contribution >= 0.6 is 15.9 Å². The highest BCUT2D eigenvalue weighted by molar-refractivity contribution is 9.10. The van der Waals surface area contributed by atoms with Crippen molar-refractivity contribution in [3.8, 4) is 0 Å². The van der Waals surface area contributed by atoms with Crippen LogP contribution in [-0.4, -0.2) is 46.7 Å². The van der Waals surface area contributed by atoms with E-state index in [4.69, 9.17) is 5.73 Å². The van der Waals surface area contributed by atoms with Gasteiger partial charge in [-0.05, 0) is 63.2 Å². The van der Waals surface area contributed by atoms with Gasteiger partial charge in [0.05, 0.1) is 12.0 Å². The minimum atomic E-state index is -0.270. The molecule has 24 heavy (non-hydrogen) atoms. The molecule has 1 saturated heterocycles. The first-order valence-corrected chi connectivity index (χ1v) is 10.2. The number of carbonyl (C=O) groups excluding carboxylic acids is 2. The molecule has 1 heterocycles. The summed E-state index contributed by atoms with van der Waals surface area (Å²) in [5, 5.41) is 3.36. The number of primary amides is 1. The molecule has 5 fully saturated rings. The van der Waals surface area contributed by atoms with Crippen LogP contribution in [0.4, 0.5) is 0 Å². The lowest BCUT2D eigenvalue weighted by Gasteiger charge is -2.59. The van der Waals surface area contributed by atoms with E-state index in [0.717, 1.165) is 57.0 Å². The Labute approximate surface area is 152 Å². The maximum absolute atomic E-state index is 13.1. The molecule has 2 amide bonds. The summed E-state index contributed by atoms with van der Waals surface area (Å²) in [5.41, 5.74) is 5.14. The number of halogens is 1. The van der Waals surface area contributed by atoms with Crippen LogP contribution in [0.3, 0.4) is 0 Å². The van der Waals surface area contributed by atoms with E-state index in [1.165, 1.54) is 19.3 Å². The summed E-state index contributed by atoms with van der Waals surface area (Å²) in [6.07, 6.45) is 8.86. The maximum Gasteiger partial charge on any atom is 0.231 e. The normalized spacial score (nSPS) is 42.2. The zero-order chi connectivity index (χ0) is 16.9. The molecule has 0 aromatic rings. The quantitative estimate of drug-likeness (QED) is 0.709. The largest absolute Gasteiger partial charge is 0.369 e. The molecular formula is C18H28BrN3O2. The van der Waals surface area contributed by atoms with Crippen molar-refractivity contribution in [1.29, 1.82) is 0 Å². The molecule has 2 unspecified atom stereocenters. The van der Waals surface area contributed by atoms with Crippen LogP contribution < -0.4 is 11.1 Å². The van der Waals surface area contributed by atoms with Gasteiger partial charge in [-0.3, -0.25) is 14.5 Å².